The number of methoxy groups -OCH3 is 2. The highest BCUT2D eigenvalue weighted by Gasteiger charge is 2.31. The second-order valence-electron chi connectivity index (χ2n) is 7.60. The number of nitrogens with one attached hydrogen (secondary N) is 2. The van der Waals surface area contributed by atoms with Crippen LogP contribution in [0.2, 0.25) is 0 Å². The Morgan fingerprint density at radius 2 is 1.44 bits per heavy atom. The molecule has 3 rings (SSSR count). The number of hydrogen-bond acceptors (Lipinski definition) is 4. The maximum atomic E-state index is 12.6. The second kappa shape index (κ2) is 9.11. The first-order valence-electron chi connectivity index (χ1n) is 9.94. The molecule has 0 saturated heterocycles. The molecule has 2 saturated carbocycles. The number of anilines is 1. The van der Waals surface area contributed by atoms with E-state index >= 15 is 0 Å². The molecule has 2 N–H and O–H groups in total. The van der Waals surface area contributed by atoms with Gasteiger partial charge in [0.15, 0.2) is 11.5 Å². The van der Waals surface area contributed by atoms with Crippen molar-refractivity contribution in [3.05, 3.63) is 18.2 Å². The predicted molar refractivity (Wildman–Crippen MR) is 104 cm³/mol. The van der Waals surface area contributed by atoms with Crippen molar-refractivity contribution in [1.29, 1.82) is 0 Å². The summed E-state index contributed by atoms with van der Waals surface area (Å²) in [5.74, 6) is 1.41. The summed E-state index contributed by atoms with van der Waals surface area (Å²) < 4.78 is 10.5. The molecule has 148 valence electrons. The van der Waals surface area contributed by atoms with Crippen molar-refractivity contribution in [2.75, 3.05) is 19.5 Å². The van der Waals surface area contributed by atoms with Gasteiger partial charge < -0.3 is 20.1 Å². The zero-order valence-electron chi connectivity index (χ0n) is 16.3. The monoisotopic (exact) mass is 374 g/mol. The van der Waals surface area contributed by atoms with E-state index in [9.17, 15) is 9.59 Å². The summed E-state index contributed by atoms with van der Waals surface area (Å²) in [7, 11) is 3.15. The van der Waals surface area contributed by atoms with E-state index in [0.29, 0.717) is 23.2 Å². The molecule has 6 heteroatoms. The van der Waals surface area contributed by atoms with Gasteiger partial charge in [0.05, 0.1) is 14.2 Å². The largest absolute Gasteiger partial charge is 0.493 e. The highest BCUT2D eigenvalue weighted by molar-refractivity contribution is 5.93. The first-order valence-corrected chi connectivity index (χ1v) is 9.94. The topological polar surface area (TPSA) is 76.7 Å². The minimum Gasteiger partial charge on any atom is -0.493 e. The van der Waals surface area contributed by atoms with Crippen LogP contribution in [0.5, 0.6) is 11.5 Å². The Balaban J connectivity index is 1.49. The molecular formula is C21H30N2O4. The van der Waals surface area contributed by atoms with E-state index < -0.39 is 0 Å². The first kappa shape index (κ1) is 19.5. The first-order chi connectivity index (χ1) is 13.1. The highest BCUT2D eigenvalue weighted by Crippen LogP contribution is 2.33. The summed E-state index contributed by atoms with van der Waals surface area (Å²) in [6.45, 7) is 0. The van der Waals surface area contributed by atoms with Crippen LogP contribution in [0.4, 0.5) is 5.69 Å². The van der Waals surface area contributed by atoms with Crippen LogP contribution < -0.4 is 20.1 Å². The summed E-state index contributed by atoms with van der Waals surface area (Å²) in [6, 6.07) is 5.71. The minimum absolute atomic E-state index is 0.0110. The van der Waals surface area contributed by atoms with Crippen molar-refractivity contribution in [2.24, 2.45) is 11.8 Å². The third kappa shape index (κ3) is 4.93. The van der Waals surface area contributed by atoms with Crippen molar-refractivity contribution in [1.82, 2.24) is 5.32 Å². The molecule has 0 atom stereocenters. The fourth-order valence-electron chi connectivity index (χ4n) is 4.17. The molecule has 0 aromatic heterocycles. The van der Waals surface area contributed by atoms with Crippen molar-refractivity contribution in [2.45, 2.75) is 57.4 Å². The molecule has 2 amide bonds. The fraction of sp³-hybridized carbons (Fsp3) is 0.619. The molecule has 2 aliphatic rings. The number of ether oxygens (including phenoxy) is 2. The van der Waals surface area contributed by atoms with Crippen molar-refractivity contribution >= 4 is 17.5 Å². The molecule has 0 radical (unpaired) electrons. The lowest BCUT2D eigenvalue weighted by Crippen LogP contribution is -2.39. The maximum absolute atomic E-state index is 12.6. The van der Waals surface area contributed by atoms with Gasteiger partial charge in [0, 0.05) is 29.6 Å². The van der Waals surface area contributed by atoms with E-state index in [1.54, 1.807) is 32.4 Å². The minimum atomic E-state index is -0.0476. The molecule has 2 fully saturated rings. The molecule has 0 bridgehead atoms. The SMILES string of the molecule is COc1ccc(NC(=O)C2CCC(C(=O)NC3CCCC3)CC2)cc1OC. The lowest BCUT2D eigenvalue weighted by molar-refractivity contribution is -0.129. The van der Waals surface area contributed by atoms with Crippen molar-refractivity contribution in [3.63, 3.8) is 0 Å². The van der Waals surface area contributed by atoms with Gasteiger partial charge in [-0.1, -0.05) is 12.8 Å². The Morgan fingerprint density at radius 3 is 2.04 bits per heavy atom. The van der Waals surface area contributed by atoms with E-state index in [-0.39, 0.29) is 23.7 Å². The average molecular weight is 374 g/mol. The van der Waals surface area contributed by atoms with Crippen LogP contribution in [0.25, 0.3) is 0 Å². The fourth-order valence-corrected chi connectivity index (χ4v) is 4.17. The average Bonchev–Trinajstić information content (AvgIpc) is 3.21. The molecule has 0 unspecified atom stereocenters. The number of hydrogen-bond donors (Lipinski definition) is 2. The van der Waals surface area contributed by atoms with Gasteiger partial charge in [-0.05, 0) is 50.7 Å². The molecule has 0 heterocycles. The zero-order chi connectivity index (χ0) is 19.2. The predicted octanol–water partition coefficient (Wildman–Crippen LogP) is 3.51. The van der Waals surface area contributed by atoms with Crippen LogP contribution in [0.3, 0.4) is 0 Å². The number of carbonyl (C=O) groups excluding carboxylic acids is 2. The van der Waals surface area contributed by atoms with Gasteiger partial charge in [-0.15, -0.1) is 0 Å². The van der Waals surface area contributed by atoms with E-state index in [0.717, 1.165) is 38.5 Å². The van der Waals surface area contributed by atoms with Crippen molar-refractivity contribution in [3.8, 4) is 11.5 Å². The van der Waals surface area contributed by atoms with E-state index in [2.05, 4.69) is 10.6 Å². The summed E-state index contributed by atoms with van der Waals surface area (Å²) in [4.78, 5) is 25.0. The van der Waals surface area contributed by atoms with Gasteiger partial charge in [0.1, 0.15) is 0 Å². The number of amides is 2. The lowest BCUT2D eigenvalue weighted by atomic mass is 9.81. The summed E-state index contributed by atoms with van der Waals surface area (Å²) >= 11 is 0. The Labute approximate surface area is 161 Å². The molecule has 27 heavy (non-hydrogen) atoms. The molecular weight excluding hydrogens is 344 g/mol. The Morgan fingerprint density at radius 1 is 0.852 bits per heavy atom. The van der Waals surface area contributed by atoms with Crippen LogP contribution in [-0.4, -0.2) is 32.1 Å². The highest BCUT2D eigenvalue weighted by atomic mass is 16.5. The standard InChI is InChI=1S/C21H30N2O4/c1-26-18-12-11-17(13-19(18)27-2)23-21(25)15-9-7-14(8-10-15)20(24)22-16-5-3-4-6-16/h11-16H,3-10H2,1-2H3,(H,22,24)(H,23,25). The maximum Gasteiger partial charge on any atom is 0.227 e. The van der Waals surface area contributed by atoms with Gasteiger partial charge in [-0.3, -0.25) is 9.59 Å². The van der Waals surface area contributed by atoms with E-state index in [1.807, 2.05) is 0 Å². The summed E-state index contributed by atoms with van der Waals surface area (Å²) in [6.07, 6.45) is 7.71. The van der Waals surface area contributed by atoms with Crippen LogP contribution in [0.1, 0.15) is 51.4 Å². The summed E-state index contributed by atoms with van der Waals surface area (Å²) in [5.41, 5.74) is 0.693. The van der Waals surface area contributed by atoms with Gasteiger partial charge >= 0.3 is 0 Å². The third-order valence-corrected chi connectivity index (χ3v) is 5.82. The molecule has 0 spiro atoms. The number of carbonyl (C=O) groups is 2. The van der Waals surface area contributed by atoms with Gasteiger partial charge in [-0.2, -0.15) is 0 Å². The summed E-state index contributed by atoms with van der Waals surface area (Å²) in [5, 5.41) is 6.16. The molecule has 1 aromatic rings. The van der Waals surface area contributed by atoms with Crippen LogP contribution in [0.15, 0.2) is 18.2 Å². The Bertz CT molecular complexity index is 662. The van der Waals surface area contributed by atoms with Gasteiger partial charge in [0.2, 0.25) is 11.8 Å². The number of rotatable bonds is 6. The molecule has 2 aliphatic carbocycles. The second-order valence-corrected chi connectivity index (χ2v) is 7.60. The Hall–Kier alpha value is -2.24. The Kier molecular flexibility index (Phi) is 6.58. The van der Waals surface area contributed by atoms with Crippen LogP contribution in [0, 0.1) is 11.8 Å². The van der Waals surface area contributed by atoms with Crippen molar-refractivity contribution < 1.29 is 19.1 Å². The van der Waals surface area contributed by atoms with Gasteiger partial charge in [0.25, 0.3) is 0 Å². The quantitative estimate of drug-likeness (QED) is 0.799. The molecule has 6 nitrogen and oxygen atoms in total. The van der Waals surface area contributed by atoms with E-state index in [1.165, 1.54) is 12.8 Å². The number of benzene rings is 1. The van der Waals surface area contributed by atoms with Gasteiger partial charge in [-0.25, -0.2) is 0 Å². The normalized spacial score (nSPS) is 22.9. The smallest absolute Gasteiger partial charge is 0.227 e. The molecule has 1 aromatic carbocycles. The van der Waals surface area contributed by atoms with E-state index in [4.69, 9.17) is 9.47 Å². The lowest BCUT2D eigenvalue weighted by Gasteiger charge is -2.28. The molecule has 0 aliphatic heterocycles. The van der Waals surface area contributed by atoms with Crippen LogP contribution in [-0.2, 0) is 9.59 Å². The van der Waals surface area contributed by atoms with Crippen LogP contribution >= 0.6 is 0 Å². The third-order valence-electron chi connectivity index (χ3n) is 5.82. The zero-order valence-corrected chi connectivity index (χ0v) is 16.3.